The Balaban J connectivity index is 2.99. The second-order valence-corrected chi connectivity index (χ2v) is 4.42. The van der Waals surface area contributed by atoms with Crippen molar-refractivity contribution < 1.29 is 19.1 Å². The molecule has 0 spiro atoms. The quantitative estimate of drug-likeness (QED) is 0.605. The zero-order valence-electron chi connectivity index (χ0n) is 10.6. The largest absolute Gasteiger partial charge is 0.463 e. The average Bonchev–Trinajstić information content (AvgIpc) is 2.71. The summed E-state index contributed by atoms with van der Waals surface area (Å²) in [7, 11) is 0. The van der Waals surface area contributed by atoms with Gasteiger partial charge in [-0.3, -0.25) is 4.79 Å². The van der Waals surface area contributed by atoms with Gasteiger partial charge in [-0.05, 0) is 13.8 Å². The molecule has 1 unspecified atom stereocenters. The Morgan fingerprint density at radius 3 is 2.67 bits per heavy atom. The lowest BCUT2D eigenvalue weighted by Crippen LogP contribution is -2.18. The molecule has 1 aromatic rings. The maximum Gasteiger partial charge on any atom is 0.337 e. The highest BCUT2D eigenvalue weighted by molar-refractivity contribution is 7.09. The molecule has 0 saturated heterocycles. The third-order valence-corrected chi connectivity index (χ3v) is 3.13. The zero-order chi connectivity index (χ0) is 13.7. The van der Waals surface area contributed by atoms with Crippen LogP contribution in [0.15, 0.2) is 17.7 Å². The summed E-state index contributed by atoms with van der Waals surface area (Å²) in [6.45, 7) is 8.65. The molecule has 98 valence electrons. The van der Waals surface area contributed by atoms with Crippen LogP contribution in [0.4, 0.5) is 0 Å². The normalized spacial score (nSPS) is 11.7. The van der Waals surface area contributed by atoms with E-state index in [0.29, 0.717) is 10.6 Å². The number of ether oxygens (including phenoxy) is 2. The van der Waals surface area contributed by atoms with E-state index in [9.17, 15) is 9.59 Å². The fraction of sp³-hybridized carbons (Fsp3) is 0.417. The first kappa shape index (κ1) is 14.4. The SMILES string of the molecule is C=C(C(=O)OCC)C(OC(C)=O)c1scnc1C. The minimum Gasteiger partial charge on any atom is -0.463 e. The second kappa shape index (κ2) is 6.30. The summed E-state index contributed by atoms with van der Waals surface area (Å²) < 4.78 is 9.99. The molecule has 1 rings (SSSR count). The van der Waals surface area contributed by atoms with E-state index in [2.05, 4.69) is 11.6 Å². The van der Waals surface area contributed by atoms with E-state index in [1.807, 2.05) is 0 Å². The van der Waals surface area contributed by atoms with E-state index in [4.69, 9.17) is 9.47 Å². The third kappa shape index (κ3) is 3.40. The Hall–Kier alpha value is -1.69. The minimum absolute atomic E-state index is 0.0967. The van der Waals surface area contributed by atoms with E-state index < -0.39 is 18.0 Å². The van der Waals surface area contributed by atoms with E-state index in [1.54, 1.807) is 19.4 Å². The van der Waals surface area contributed by atoms with Gasteiger partial charge in [-0.2, -0.15) is 0 Å². The van der Waals surface area contributed by atoms with E-state index in [1.165, 1.54) is 18.3 Å². The summed E-state index contributed by atoms with van der Waals surface area (Å²) in [5.41, 5.74) is 2.43. The third-order valence-electron chi connectivity index (χ3n) is 2.16. The van der Waals surface area contributed by atoms with Gasteiger partial charge in [0.2, 0.25) is 0 Å². The van der Waals surface area contributed by atoms with Crippen LogP contribution in [-0.2, 0) is 19.1 Å². The minimum atomic E-state index is -0.825. The smallest absolute Gasteiger partial charge is 0.337 e. The second-order valence-electron chi connectivity index (χ2n) is 3.54. The number of nitrogens with zero attached hydrogens (tertiary/aromatic N) is 1. The highest BCUT2D eigenvalue weighted by Crippen LogP contribution is 2.31. The van der Waals surface area contributed by atoms with Crippen molar-refractivity contribution in [3.05, 3.63) is 28.2 Å². The van der Waals surface area contributed by atoms with Gasteiger partial charge in [-0.25, -0.2) is 9.78 Å². The molecule has 5 nitrogen and oxygen atoms in total. The molecule has 1 atom stereocenters. The van der Waals surface area contributed by atoms with Crippen molar-refractivity contribution in [2.75, 3.05) is 6.61 Å². The summed E-state index contributed by atoms with van der Waals surface area (Å²) in [6, 6.07) is 0. The lowest BCUT2D eigenvalue weighted by atomic mass is 10.1. The molecule has 0 saturated carbocycles. The van der Waals surface area contributed by atoms with Crippen LogP contribution in [0.3, 0.4) is 0 Å². The number of hydrogen-bond acceptors (Lipinski definition) is 6. The highest BCUT2D eigenvalue weighted by atomic mass is 32.1. The zero-order valence-corrected chi connectivity index (χ0v) is 11.4. The number of carbonyl (C=O) groups excluding carboxylic acids is 2. The monoisotopic (exact) mass is 269 g/mol. The van der Waals surface area contributed by atoms with Crippen LogP contribution in [0.5, 0.6) is 0 Å². The fourth-order valence-corrected chi connectivity index (χ4v) is 2.20. The Bertz CT molecular complexity index is 466. The molecule has 0 bridgehead atoms. The van der Waals surface area contributed by atoms with Crippen LogP contribution in [0, 0.1) is 6.92 Å². The first-order valence-electron chi connectivity index (χ1n) is 5.40. The summed E-state index contributed by atoms with van der Waals surface area (Å²) in [6.07, 6.45) is -0.825. The summed E-state index contributed by atoms with van der Waals surface area (Å²) in [5, 5.41) is 0. The predicted octanol–water partition coefficient (Wildman–Crippen LogP) is 2.18. The Labute approximate surface area is 109 Å². The predicted molar refractivity (Wildman–Crippen MR) is 67.1 cm³/mol. The molecule has 1 aromatic heterocycles. The van der Waals surface area contributed by atoms with Gasteiger partial charge in [0.1, 0.15) is 0 Å². The van der Waals surface area contributed by atoms with Gasteiger partial charge in [-0.15, -0.1) is 11.3 Å². The van der Waals surface area contributed by atoms with Gasteiger partial charge in [0.15, 0.2) is 6.10 Å². The average molecular weight is 269 g/mol. The molecular weight excluding hydrogens is 254 g/mol. The van der Waals surface area contributed by atoms with Gasteiger partial charge >= 0.3 is 11.9 Å². The van der Waals surface area contributed by atoms with E-state index in [-0.39, 0.29) is 12.2 Å². The van der Waals surface area contributed by atoms with E-state index in [0.717, 1.165) is 0 Å². The van der Waals surface area contributed by atoms with Gasteiger partial charge in [0, 0.05) is 6.92 Å². The molecule has 0 aromatic carbocycles. The molecule has 0 aliphatic rings. The summed E-state index contributed by atoms with van der Waals surface area (Å²) in [4.78, 5) is 27.5. The first-order chi connectivity index (χ1) is 8.47. The van der Waals surface area contributed by atoms with Crippen molar-refractivity contribution in [1.29, 1.82) is 0 Å². The maximum absolute atomic E-state index is 11.6. The Kier molecular flexibility index (Phi) is 5.03. The van der Waals surface area contributed by atoms with Gasteiger partial charge in [-0.1, -0.05) is 6.58 Å². The van der Waals surface area contributed by atoms with Gasteiger partial charge < -0.3 is 9.47 Å². The molecule has 0 aliphatic carbocycles. The van der Waals surface area contributed by atoms with Crippen LogP contribution in [-0.4, -0.2) is 23.5 Å². The number of thiazole rings is 1. The number of rotatable bonds is 5. The van der Waals surface area contributed by atoms with Crippen LogP contribution in [0.1, 0.15) is 30.5 Å². The Morgan fingerprint density at radius 2 is 2.22 bits per heavy atom. The van der Waals surface area contributed by atoms with Crippen molar-refractivity contribution in [3.8, 4) is 0 Å². The molecule has 0 N–H and O–H groups in total. The van der Waals surface area contributed by atoms with Gasteiger partial charge in [0.25, 0.3) is 0 Å². The number of carbonyl (C=O) groups is 2. The van der Waals surface area contributed by atoms with Crippen molar-refractivity contribution in [1.82, 2.24) is 4.98 Å². The molecule has 1 heterocycles. The van der Waals surface area contributed by atoms with Crippen molar-refractivity contribution in [2.24, 2.45) is 0 Å². The highest BCUT2D eigenvalue weighted by Gasteiger charge is 2.27. The standard InChI is InChI=1S/C12H15NO4S/c1-5-16-12(15)7(2)10(17-9(4)14)11-8(3)13-6-18-11/h6,10H,2,5H2,1,3-4H3. The topological polar surface area (TPSA) is 65.5 Å². The fourth-order valence-electron chi connectivity index (χ4n) is 1.34. The molecule has 0 aliphatic heterocycles. The van der Waals surface area contributed by atoms with E-state index >= 15 is 0 Å². The molecule has 18 heavy (non-hydrogen) atoms. The van der Waals surface area contributed by atoms with Crippen molar-refractivity contribution in [2.45, 2.75) is 26.9 Å². The van der Waals surface area contributed by atoms with Crippen molar-refractivity contribution in [3.63, 3.8) is 0 Å². The molecule has 0 radical (unpaired) electrons. The summed E-state index contributed by atoms with van der Waals surface area (Å²) >= 11 is 1.31. The molecule has 0 amide bonds. The number of aromatic nitrogens is 1. The van der Waals surface area contributed by atoms with Crippen molar-refractivity contribution >= 4 is 23.3 Å². The number of hydrogen-bond donors (Lipinski definition) is 0. The lowest BCUT2D eigenvalue weighted by molar-refractivity contribution is -0.147. The molecule has 0 fully saturated rings. The molecular formula is C12H15NO4S. The van der Waals surface area contributed by atoms with Crippen LogP contribution < -0.4 is 0 Å². The number of esters is 2. The van der Waals surface area contributed by atoms with Gasteiger partial charge in [0.05, 0.1) is 28.3 Å². The Morgan fingerprint density at radius 1 is 1.56 bits per heavy atom. The molecule has 6 heteroatoms. The summed E-state index contributed by atoms with van der Waals surface area (Å²) in [5.74, 6) is -1.06. The maximum atomic E-state index is 11.6. The van der Waals surface area contributed by atoms with Crippen LogP contribution in [0.25, 0.3) is 0 Å². The number of aryl methyl sites for hydroxylation is 1. The van der Waals surface area contributed by atoms with Crippen LogP contribution in [0.2, 0.25) is 0 Å². The van der Waals surface area contributed by atoms with Crippen LogP contribution >= 0.6 is 11.3 Å². The first-order valence-corrected chi connectivity index (χ1v) is 6.28. The lowest BCUT2D eigenvalue weighted by Gasteiger charge is -2.17.